The van der Waals surface area contributed by atoms with Gasteiger partial charge in [0.15, 0.2) is 0 Å². The minimum absolute atomic E-state index is 0.00394. The van der Waals surface area contributed by atoms with Gasteiger partial charge in [0.05, 0.1) is 6.61 Å². The third-order valence-electron chi connectivity index (χ3n) is 6.13. The molecule has 0 amide bonds. The van der Waals surface area contributed by atoms with E-state index in [-0.39, 0.29) is 12.8 Å². The number of phosphoric ester groups is 1. The fourth-order valence-electron chi connectivity index (χ4n) is 3.81. The lowest BCUT2D eigenvalue weighted by molar-refractivity contribution is -0.141. The molecule has 0 rings (SSSR count). The molecular weight excluding hydrogens is 497 g/mol. The van der Waals surface area contributed by atoms with Gasteiger partial charge in [-0.2, -0.15) is 0 Å². The smallest absolute Gasteiger partial charge is 0.480 e. The van der Waals surface area contributed by atoms with Gasteiger partial charge in [-0.25, -0.2) is 4.57 Å². The van der Waals surface area contributed by atoms with E-state index in [0.717, 1.165) is 38.5 Å². The first-order valence-electron chi connectivity index (χ1n) is 14.4. The Labute approximate surface area is 224 Å². The second-order valence-electron chi connectivity index (χ2n) is 9.77. The van der Waals surface area contributed by atoms with Gasteiger partial charge in [-0.05, 0) is 12.8 Å². The molecule has 218 valence electrons. The molecule has 0 heterocycles. The van der Waals surface area contributed by atoms with Crippen LogP contribution >= 0.6 is 7.82 Å². The van der Waals surface area contributed by atoms with E-state index in [0.29, 0.717) is 12.8 Å². The fraction of sp³-hybridized carbons (Fsp3) is 0.889. The lowest BCUT2D eigenvalue weighted by atomic mass is 10.1. The summed E-state index contributed by atoms with van der Waals surface area (Å²) in [5.41, 5.74) is 5.39. The number of hydrogen-bond donors (Lipinski definition) is 2. The Kier molecular flexibility index (Phi) is 22.7. The normalized spacial score (nSPS) is 12.3. The summed E-state index contributed by atoms with van der Waals surface area (Å²) in [6.07, 6.45) is 19.2. The van der Waals surface area contributed by atoms with Crippen molar-refractivity contribution in [1.29, 1.82) is 0 Å². The highest BCUT2D eigenvalue weighted by atomic mass is 31.2. The zero-order valence-electron chi connectivity index (χ0n) is 23.3. The molecule has 0 aliphatic carbocycles. The summed E-state index contributed by atoms with van der Waals surface area (Å²) in [6, 6.07) is -1.50. The first kappa shape index (κ1) is 35.6. The highest BCUT2D eigenvalue weighted by molar-refractivity contribution is 7.49. The average Bonchev–Trinajstić information content (AvgIpc) is 2.85. The molecule has 0 aliphatic rings. The molecular formula is C27H52NO8P. The highest BCUT2D eigenvalue weighted by Gasteiger charge is 2.36. The number of rotatable bonds is 26. The number of unbranched alkanes of at least 4 members (excludes halogenated alkanes) is 16. The van der Waals surface area contributed by atoms with Crippen molar-refractivity contribution in [2.24, 2.45) is 5.73 Å². The zero-order valence-corrected chi connectivity index (χ0v) is 24.2. The first-order valence-corrected chi connectivity index (χ1v) is 15.9. The summed E-state index contributed by atoms with van der Waals surface area (Å²) >= 11 is 0. The maximum Gasteiger partial charge on any atom is 0.592 e. The number of carbonyl (C=O) groups excluding carboxylic acids is 2. The minimum atomic E-state index is -4.62. The highest BCUT2D eigenvalue weighted by Crippen LogP contribution is 2.50. The van der Waals surface area contributed by atoms with Gasteiger partial charge < -0.3 is 19.9 Å². The van der Waals surface area contributed by atoms with Crippen molar-refractivity contribution in [1.82, 2.24) is 0 Å². The zero-order chi connectivity index (χ0) is 27.8. The third kappa shape index (κ3) is 22.3. The Bertz CT molecular complexity index is 618. The number of nitrogens with two attached hydrogens (primary N) is 1. The van der Waals surface area contributed by atoms with Crippen LogP contribution in [0.2, 0.25) is 0 Å². The Hall–Kier alpha value is -1.44. The van der Waals surface area contributed by atoms with Crippen LogP contribution in [0.3, 0.4) is 0 Å². The van der Waals surface area contributed by atoms with Gasteiger partial charge in [0.25, 0.3) is 0 Å². The van der Waals surface area contributed by atoms with Crippen LogP contribution < -0.4 is 5.73 Å². The van der Waals surface area contributed by atoms with Crippen LogP contribution in [-0.2, 0) is 32.5 Å². The van der Waals surface area contributed by atoms with Crippen LogP contribution in [0.4, 0.5) is 0 Å². The standard InChI is InChI=1S/C27H52NO8P/c1-3-5-7-9-11-13-15-17-19-21-25(29)35-37(33,34-23-24(28)27(31)32)36-26(30)22-20-18-16-14-12-10-8-6-4-2/h24H,3-23,28H2,1-2H3,(H,31,32)/t24-/m0/s1. The van der Waals surface area contributed by atoms with Crippen molar-refractivity contribution in [3.8, 4) is 0 Å². The second kappa shape index (κ2) is 23.7. The fourth-order valence-corrected chi connectivity index (χ4v) is 4.98. The second-order valence-corrected chi connectivity index (χ2v) is 11.3. The van der Waals surface area contributed by atoms with Gasteiger partial charge in [0, 0.05) is 12.8 Å². The van der Waals surface area contributed by atoms with E-state index in [1.54, 1.807) is 0 Å². The number of hydrogen-bond acceptors (Lipinski definition) is 8. The summed E-state index contributed by atoms with van der Waals surface area (Å²) in [5, 5.41) is 8.93. The minimum Gasteiger partial charge on any atom is -0.480 e. The molecule has 0 aromatic heterocycles. The average molecular weight is 550 g/mol. The summed E-state index contributed by atoms with van der Waals surface area (Å²) in [7, 11) is -4.62. The van der Waals surface area contributed by atoms with Crippen molar-refractivity contribution in [3.05, 3.63) is 0 Å². The van der Waals surface area contributed by atoms with Gasteiger partial charge in [-0.1, -0.05) is 117 Å². The van der Waals surface area contributed by atoms with Gasteiger partial charge in [-0.15, -0.1) is 0 Å². The lowest BCUT2D eigenvalue weighted by Crippen LogP contribution is -2.34. The van der Waals surface area contributed by atoms with E-state index >= 15 is 0 Å². The predicted molar refractivity (Wildman–Crippen MR) is 145 cm³/mol. The molecule has 0 radical (unpaired) electrons. The van der Waals surface area contributed by atoms with Crippen molar-refractivity contribution in [3.63, 3.8) is 0 Å². The van der Waals surface area contributed by atoms with Crippen LogP contribution in [0.15, 0.2) is 0 Å². The molecule has 0 spiro atoms. The van der Waals surface area contributed by atoms with E-state index in [4.69, 9.17) is 24.4 Å². The van der Waals surface area contributed by atoms with Gasteiger partial charge >= 0.3 is 25.7 Å². The number of carboxylic acids is 1. The molecule has 1 atom stereocenters. The summed E-state index contributed by atoms with van der Waals surface area (Å²) in [6.45, 7) is 3.65. The van der Waals surface area contributed by atoms with Crippen LogP contribution in [0.1, 0.15) is 142 Å². The van der Waals surface area contributed by atoms with Gasteiger partial charge in [-0.3, -0.25) is 18.9 Å². The molecule has 0 fully saturated rings. The molecule has 0 saturated heterocycles. The maximum atomic E-state index is 12.9. The van der Waals surface area contributed by atoms with Crippen LogP contribution in [-0.4, -0.2) is 35.7 Å². The summed E-state index contributed by atoms with van der Waals surface area (Å²) in [5.74, 6) is -3.01. The molecule has 0 aromatic carbocycles. The van der Waals surface area contributed by atoms with Crippen LogP contribution in [0.5, 0.6) is 0 Å². The van der Waals surface area contributed by atoms with E-state index in [2.05, 4.69) is 13.8 Å². The maximum absolute atomic E-state index is 12.9. The lowest BCUT2D eigenvalue weighted by Gasteiger charge is -2.18. The molecule has 0 saturated carbocycles. The van der Waals surface area contributed by atoms with Crippen molar-refractivity contribution >= 4 is 25.7 Å². The molecule has 37 heavy (non-hydrogen) atoms. The Balaban J connectivity index is 4.41. The molecule has 0 unspecified atom stereocenters. The topological polar surface area (TPSA) is 142 Å². The molecule has 0 aromatic rings. The number of carbonyl (C=O) groups is 3. The molecule has 3 N–H and O–H groups in total. The summed E-state index contributed by atoms with van der Waals surface area (Å²) in [4.78, 5) is 35.4. The van der Waals surface area contributed by atoms with Crippen molar-refractivity contribution < 1.29 is 37.6 Å². The van der Waals surface area contributed by atoms with Crippen LogP contribution in [0, 0.1) is 0 Å². The Morgan fingerprint density at radius 3 is 1.30 bits per heavy atom. The monoisotopic (exact) mass is 549 g/mol. The molecule has 10 heteroatoms. The Morgan fingerprint density at radius 2 is 0.973 bits per heavy atom. The molecule has 0 bridgehead atoms. The molecule has 9 nitrogen and oxygen atoms in total. The predicted octanol–water partition coefficient (Wildman–Crippen LogP) is 7.45. The SMILES string of the molecule is CCCCCCCCCCCC(=O)OP(=O)(OC[C@H](N)C(=O)O)OC(=O)CCCCCCCCCCC. The van der Waals surface area contributed by atoms with Crippen LogP contribution in [0.25, 0.3) is 0 Å². The van der Waals surface area contributed by atoms with E-state index in [1.165, 1.54) is 64.2 Å². The van der Waals surface area contributed by atoms with Crippen molar-refractivity contribution in [2.75, 3.05) is 6.61 Å². The number of phosphoric acid groups is 1. The quantitative estimate of drug-likeness (QED) is 0.0830. The van der Waals surface area contributed by atoms with E-state index < -0.39 is 38.4 Å². The van der Waals surface area contributed by atoms with Gasteiger partial charge in [0.1, 0.15) is 6.04 Å². The van der Waals surface area contributed by atoms with E-state index in [9.17, 15) is 18.9 Å². The number of aliphatic carboxylic acids is 1. The largest absolute Gasteiger partial charge is 0.592 e. The van der Waals surface area contributed by atoms with E-state index in [1.807, 2.05) is 0 Å². The number of carboxylic acid groups (broad SMARTS) is 1. The molecule has 0 aliphatic heterocycles. The van der Waals surface area contributed by atoms with Crippen molar-refractivity contribution in [2.45, 2.75) is 148 Å². The van der Waals surface area contributed by atoms with Gasteiger partial charge in [0.2, 0.25) is 0 Å². The Morgan fingerprint density at radius 1 is 0.649 bits per heavy atom. The summed E-state index contributed by atoms with van der Waals surface area (Å²) < 4.78 is 27.7. The third-order valence-corrected chi connectivity index (χ3v) is 7.45. The first-order chi connectivity index (χ1) is 17.7.